The van der Waals surface area contributed by atoms with E-state index >= 15 is 0 Å². The predicted octanol–water partition coefficient (Wildman–Crippen LogP) is 4.96. The van der Waals surface area contributed by atoms with Crippen LogP contribution in [0.2, 0.25) is 0 Å². The molecule has 1 amide bonds. The van der Waals surface area contributed by atoms with Gasteiger partial charge < -0.3 is 4.90 Å². The fourth-order valence-corrected chi connectivity index (χ4v) is 2.39. The van der Waals surface area contributed by atoms with Crippen molar-refractivity contribution < 1.29 is 9.18 Å². The summed E-state index contributed by atoms with van der Waals surface area (Å²) in [5.41, 5.74) is 1.13. The van der Waals surface area contributed by atoms with Gasteiger partial charge in [0.05, 0.1) is 5.56 Å². The van der Waals surface area contributed by atoms with Crippen LogP contribution >= 0.6 is 0 Å². The third-order valence-corrected chi connectivity index (χ3v) is 3.70. The van der Waals surface area contributed by atoms with Gasteiger partial charge in [0.25, 0.3) is 5.91 Å². The monoisotopic (exact) mass is 293 g/mol. The molecule has 3 heteroatoms. The van der Waals surface area contributed by atoms with Crippen LogP contribution in [0.15, 0.2) is 18.2 Å². The molecule has 0 spiro atoms. The maximum atomic E-state index is 13.9. The Morgan fingerprint density at radius 1 is 1.05 bits per heavy atom. The number of hydrogen-bond acceptors (Lipinski definition) is 1. The van der Waals surface area contributed by atoms with Gasteiger partial charge in [-0.2, -0.15) is 0 Å². The summed E-state index contributed by atoms with van der Waals surface area (Å²) in [5, 5.41) is 0. The molecule has 0 saturated heterocycles. The fourth-order valence-electron chi connectivity index (χ4n) is 2.39. The van der Waals surface area contributed by atoms with Crippen molar-refractivity contribution in [3.8, 4) is 0 Å². The number of hydrogen-bond donors (Lipinski definition) is 0. The molecule has 0 aliphatic rings. The molecule has 118 valence electrons. The van der Waals surface area contributed by atoms with Crippen LogP contribution in [0.1, 0.15) is 68.3 Å². The Bertz CT molecular complexity index is 435. The molecule has 0 heterocycles. The number of aryl methyl sites for hydroxylation is 1. The number of unbranched alkanes of at least 4 members (excludes halogenated alkanes) is 4. The van der Waals surface area contributed by atoms with Gasteiger partial charge in [0.1, 0.15) is 5.82 Å². The predicted molar refractivity (Wildman–Crippen MR) is 86.1 cm³/mol. The molecule has 2 nitrogen and oxygen atoms in total. The zero-order valence-corrected chi connectivity index (χ0v) is 13.6. The molecule has 0 N–H and O–H groups in total. The third-order valence-electron chi connectivity index (χ3n) is 3.70. The van der Waals surface area contributed by atoms with Crippen molar-refractivity contribution in [1.82, 2.24) is 4.90 Å². The van der Waals surface area contributed by atoms with Crippen LogP contribution < -0.4 is 0 Å². The van der Waals surface area contributed by atoms with E-state index in [0.717, 1.165) is 57.2 Å². The normalized spacial score (nSPS) is 10.7. The van der Waals surface area contributed by atoms with Crippen LogP contribution in [0.4, 0.5) is 4.39 Å². The third kappa shape index (κ3) is 5.86. The smallest absolute Gasteiger partial charge is 0.256 e. The lowest BCUT2D eigenvalue weighted by atomic mass is 10.1. The van der Waals surface area contributed by atoms with Gasteiger partial charge in [0.2, 0.25) is 0 Å². The first-order valence-corrected chi connectivity index (χ1v) is 8.15. The summed E-state index contributed by atoms with van der Waals surface area (Å²) in [6, 6.07) is 4.74. The summed E-state index contributed by atoms with van der Waals surface area (Å²) in [6.07, 6.45) is 6.43. The summed E-state index contributed by atoms with van der Waals surface area (Å²) in [4.78, 5) is 14.4. The lowest BCUT2D eigenvalue weighted by Gasteiger charge is -2.23. The molecule has 1 aromatic rings. The van der Waals surface area contributed by atoms with Gasteiger partial charge in [-0.25, -0.2) is 4.39 Å². The first kappa shape index (κ1) is 17.7. The average molecular weight is 293 g/mol. The van der Waals surface area contributed by atoms with Gasteiger partial charge in [-0.1, -0.05) is 51.2 Å². The quantitative estimate of drug-likeness (QED) is 0.589. The number of carbonyl (C=O) groups is 1. The summed E-state index contributed by atoms with van der Waals surface area (Å²) < 4.78 is 13.9. The summed E-state index contributed by atoms with van der Waals surface area (Å²) in [6.45, 7) is 7.62. The largest absolute Gasteiger partial charge is 0.339 e. The maximum absolute atomic E-state index is 13.9. The van der Waals surface area contributed by atoms with Crippen molar-refractivity contribution in [3.63, 3.8) is 0 Å². The van der Waals surface area contributed by atoms with E-state index in [2.05, 4.69) is 13.8 Å². The van der Waals surface area contributed by atoms with Crippen molar-refractivity contribution in [2.75, 3.05) is 13.1 Å². The van der Waals surface area contributed by atoms with Crippen molar-refractivity contribution in [2.24, 2.45) is 0 Å². The summed E-state index contributed by atoms with van der Waals surface area (Å²) in [5.74, 6) is -0.579. The highest BCUT2D eigenvalue weighted by molar-refractivity contribution is 5.94. The molecule has 0 fully saturated rings. The van der Waals surface area contributed by atoms with Gasteiger partial charge in [0, 0.05) is 13.1 Å². The molecule has 0 saturated carbocycles. The zero-order chi connectivity index (χ0) is 15.7. The lowest BCUT2D eigenvalue weighted by Crippen LogP contribution is -2.33. The first-order chi connectivity index (χ1) is 10.1. The van der Waals surface area contributed by atoms with Gasteiger partial charge in [-0.05, 0) is 31.9 Å². The van der Waals surface area contributed by atoms with E-state index in [0.29, 0.717) is 0 Å². The molecule has 0 aromatic heterocycles. The molecule has 0 atom stereocenters. The Morgan fingerprint density at radius 2 is 1.62 bits per heavy atom. The number of halogens is 1. The second-order valence-corrected chi connectivity index (χ2v) is 5.69. The highest BCUT2D eigenvalue weighted by Gasteiger charge is 2.18. The molecule has 1 aromatic carbocycles. The highest BCUT2D eigenvalue weighted by Crippen LogP contribution is 2.14. The van der Waals surface area contributed by atoms with Gasteiger partial charge >= 0.3 is 0 Å². The SMILES string of the molecule is CCCCCN(CCCCC)C(=O)c1cc(C)ccc1F. The second kappa shape index (κ2) is 9.54. The second-order valence-electron chi connectivity index (χ2n) is 5.69. The standard InChI is InChI=1S/C18H28FNO/c1-4-6-8-12-20(13-9-7-5-2)18(21)16-14-15(3)10-11-17(16)19/h10-11,14H,4-9,12-13H2,1-3H3. The maximum Gasteiger partial charge on any atom is 0.256 e. The van der Waals surface area contributed by atoms with Gasteiger partial charge in [-0.3, -0.25) is 4.79 Å². The Morgan fingerprint density at radius 3 is 2.14 bits per heavy atom. The van der Waals surface area contributed by atoms with Crippen LogP contribution in [0.3, 0.4) is 0 Å². The van der Waals surface area contributed by atoms with E-state index in [1.54, 1.807) is 12.1 Å². The Hall–Kier alpha value is -1.38. The number of carbonyl (C=O) groups excluding carboxylic acids is 1. The number of benzene rings is 1. The highest BCUT2D eigenvalue weighted by atomic mass is 19.1. The van der Waals surface area contributed by atoms with Crippen molar-refractivity contribution in [3.05, 3.63) is 35.1 Å². The van der Waals surface area contributed by atoms with Gasteiger partial charge in [0.15, 0.2) is 0 Å². The summed E-state index contributed by atoms with van der Waals surface area (Å²) >= 11 is 0. The summed E-state index contributed by atoms with van der Waals surface area (Å²) in [7, 11) is 0. The van der Waals surface area contributed by atoms with E-state index in [9.17, 15) is 9.18 Å². The molecule has 0 aliphatic heterocycles. The van der Waals surface area contributed by atoms with Crippen molar-refractivity contribution in [1.29, 1.82) is 0 Å². The van der Waals surface area contributed by atoms with E-state index in [-0.39, 0.29) is 11.5 Å². The number of rotatable bonds is 9. The van der Waals surface area contributed by atoms with Crippen LogP contribution in [-0.4, -0.2) is 23.9 Å². The number of nitrogens with zero attached hydrogens (tertiary/aromatic N) is 1. The van der Waals surface area contributed by atoms with Crippen LogP contribution in [0, 0.1) is 12.7 Å². The number of amides is 1. The van der Waals surface area contributed by atoms with E-state index < -0.39 is 5.82 Å². The molecule has 21 heavy (non-hydrogen) atoms. The Kier molecular flexibility index (Phi) is 8.03. The minimum atomic E-state index is -0.415. The molecular weight excluding hydrogens is 265 g/mol. The van der Waals surface area contributed by atoms with E-state index in [1.165, 1.54) is 6.07 Å². The van der Waals surface area contributed by atoms with Crippen molar-refractivity contribution >= 4 is 5.91 Å². The Balaban J connectivity index is 2.79. The minimum absolute atomic E-state index is 0.164. The topological polar surface area (TPSA) is 20.3 Å². The zero-order valence-electron chi connectivity index (χ0n) is 13.6. The molecule has 0 radical (unpaired) electrons. The van der Waals surface area contributed by atoms with E-state index in [4.69, 9.17) is 0 Å². The van der Waals surface area contributed by atoms with Crippen LogP contribution in [0.5, 0.6) is 0 Å². The molecule has 0 bridgehead atoms. The molecule has 1 rings (SSSR count). The molecule has 0 unspecified atom stereocenters. The van der Waals surface area contributed by atoms with Crippen LogP contribution in [-0.2, 0) is 0 Å². The van der Waals surface area contributed by atoms with Crippen molar-refractivity contribution in [2.45, 2.75) is 59.3 Å². The Labute approximate surface area is 128 Å². The lowest BCUT2D eigenvalue weighted by molar-refractivity contribution is 0.0745. The van der Waals surface area contributed by atoms with Crippen LogP contribution in [0.25, 0.3) is 0 Å². The molecule has 0 aliphatic carbocycles. The minimum Gasteiger partial charge on any atom is -0.339 e. The average Bonchev–Trinajstić information content (AvgIpc) is 2.48. The fraction of sp³-hybridized carbons (Fsp3) is 0.611. The van der Waals surface area contributed by atoms with E-state index in [1.807, 2.05) is 11.8 Å². The first-order valence-electron chi connectivity index (χ1n) is 8.15. The van der Waals surface area contributed by atoms with Gasteiger partial charge in [-0.15, -0.1) is 0 Å². The molecular formula is C18H28FNO.